The predicted molar refractivity (Wildman–Crippen MR) is 79.8 cm³/mol. The number of rotatable bonds is 6. The summed E-state index contributed by atoms with van der Waals surface area (Å²) in [5.41, 5.74) is 0.974. The van der Waals surface area contributed by atoms with Crippen LogP contribution in [0.3, 0.4) is 0 Å². The van der Waals surface area contributed by atoms with Gasteiger partial charge in [0.25, 0.3) is 0 Å². The maximum absolute atomic E-state index is 11.7. The lowest BCUT2D eigenvalue weighted by Gasteiger charge is -2.04. The van der Waals surface area contributed by atoms with Gasteiger partial charge in [-0.15, -0.1) is 5.10 Å². The van der Waals surface area contributed by atoms with Crippen LogP contribution in [0.2, 0.25) is 5.02 Å². The van der Waals surface area contributed by atoms with Gasteiger partial charge in [0, 0.05) is 18.0 Å². The molecule has 0 aliphatic rings. The highest BCUT2D eigenvalue weighted by Gasteiger charge is 2.07. The summed E-state index contributed by atoms with van der Waals surface area (Å²) in [6.07, 6.45) is 0.800. The zero-order valence-corrected chi connectivity index (χ0v) is 12.6. The van der Waals surface area contributed by atoms with Gasteiger partial charge in [0.15, 0.2) is 0 Å². The van der Waals surface area contributed by atoms with E-state index in [1.165, 1.54) is 11.8 Å². The van der Waals surface area contributed by atoms with Crippen molar-refractivity contribution in [3.05, 3.63) is 40.7 Å². The molecule has 0 fully saturated rings. The number of benzene rings is 1. The number of aromatic nitrogens is 3. The van der Waals surface area contributed by atoms with Gasteiger partial charge in [0.1, 0.15) is 5.82 Å². The van der Waals surface area contributed by atoms with Gasteiger partial charge in [0.2, 0.25) is 11.1 Å². The third-order valence-electron chi connectivity index (χ3n) is 2.56. The molecule has 0 aliphatic carbocycles. The molecule has 0 radical (unpaired) electrons. The fourth-order valence-corrected chi connectivity index (χ4v) is 2.39. The van der Waals surface area contributed by atoms with Crippen LogP contribution in [0.15, 0.2) is 29.4 Å². The van der Waals surface area contributed by atoms with Crippen molar-refractivity contribution in [2.75, 3.05) is 5.75 Å². The molecule has 2 N–H and O–H groups in total. The van der Waals surface area contributed by atoms with Gasteiger partial charge in [-0.2, -0.15) is 0 Å². The highest BCUT2D eigenvalue weighted by atomic mass is 35.5. The molecule has 0 atom stereocenters. The van der Waals surface area contributed by atoms with E-state index >= 15 is 0 Å². The van der Waals surface area contributed by atoms with Crippen LogP contribution in [-0.4, -0.2) is 26.8 Å². The van der Waals surface area contributed by atoms with Crippen LogP contribution in [0.1, 0.15) is 18.3 Å². The zero-order chi connectivity index (χ0) is 14.4. The van der Waals surface area contributed by atoms with E-state index in [9.17, 15) is 4.79 Å². The molecule has 2 rings (SSSR count). The van der Waals surface area contributed by atoms with Crippen LogP contribution >= 0.6 is 23.4 Å². The number of H-pyrrole nitrogens is 1. The lowest BCUT2D eigenvalue weighted by atomic mass is 10.2. The van der Waals surface area contributed by atoms with Crippen molar-refractivity contribution < 1.29 is 4.79 Å². The highest BCUT2D eigenvalue weighted by molar-refractivity contribution is 7.99. The lowest BCUT2D eigenvalue weighted by molar-refractivity contribution is -0.118. The maximum Gasteiger partial charge on any atom is 0.230 e. The lowest BCUT2D eigenvalue weighted by Crippen LogP contribution is -2.24. The fourth-order valence-electron chi connectivity index (χ4n) is 1.53. The second-order valence-corrected chi connectivity index (χ2v) is 5.49. The Hall–Kier alpha value is -1.53. The fraction of sp³-hybridized carbons (Fsp3) is 0.308. The summed E-state index contributed by atoms with van der Waals surface area (Å²) < 4.78 is 0. The van der Waals surface area contributed by atoms with Crippen LogP contribution < -0.4 is 5.32 Å². The van der Waals surface area contributed by atoms with Crippen LogP contribution in [0.5, 0.6) is 0 Å². The van der Waals surface area contributed by atoms with Gasteiger partial charge < -0.3 is 5.32 Å². The van der Waals surface area contributed by atoms with Crippen molar-refractivity contribution in [1.82, 2.24) is 20.5 Å². The summed E-state index contributed by atoms with van der Waals surface area (Å²) in [5, 5.41) is 10.9. The largest absolute Gasteiger partial charge is 0.351 e. The first kappa shape index (κ1) is 14.9. The van der Waals surface area contributed by atoms with E-state index in [0.717, 1.165) is 17.8 Å². The number of hydrogen-bond donors (Lipinski definition) is 2. The van der Waals surface area contributed by atoms with Crippen LogP contribution in [0.25, 0.3) is 0 Å². The second-order valence-electron chi connectivity index (χ2n) is 4.11. The zero-order valence-electron chi connectivity index (χ0n) is 11.0. The number of carbonyl (C=O) groups is 1. The van der Waals surface area contributed by atoms with Crippen LogP contribution in [0.4, 0.5) is 0 Å². The number of nitrogens with one attached hydrogen (secondary N) is 2. The Labute approximate surface area is 126 Å². The van der Waals surface area contributed by atoms with E-state index in [4.69, 9.17) is 11.6 Å². The summed E-state index contributed by atoms with van der Waals surface area (Å²) in [5.74, 6) is 1.06. The Morgan fingerprint density at radius 2 is 2.35 bits per heavy atom. The van der Waals surface area contributed by atoms with Crippen molar-refractivity contribution in [3.8, 4) is 0 Å². The van der Waals surface area contributed by atoms with E-state index in [1.54, 1.807) is 6.07 Å². The maximum atomic E-state index is 11.7. The Kier molecular flexibility index (Phi) is 5.43. The van der Waals surface area contributed by atoms with Gasteiger partial charge in [-0.25, -0.2) is 4.98 Å². The standard InChI is InChI=1S/C13H15ClN4OS/c1-2-11-16-13(18-17-11)20-8-12(19)15-7-9-4-3-5-10(14)6-9/h3-6H,2,7-8H2,1H3,(H,15,19)(H,16,17,18). The first-order valence-electron chi connectivity index (χ1n) is 6.22. The average Bonchev–Trinajstić information content (AvgIpc) is 2.91. The number of carbonyl (C=O) groups excluding carboxylic acids is 1. The van der Waals surface area contributed by atoms with Crippen LogP contribution in [-0.2, 0) is 17.8 Å². The number of hydrogen-bond acceptors (Lipinski definition) is 4. The minimum atomic E-state index is -0.0576. The third kappa shape index (κ3) is 4.54. The van der Waals surface area contributed by atoms with E-state index < -0.39 is 0 Å². The molecular formula is C13H15ClN4OS. The van der Waals surface area contributed by atoms with Gasteiger partial charge in [0.05, 0.1) is 5.75 Å². The topological polar surface area (TPSA) is 70.7 Å². The highest BCUT2D eigenvalue weighted by Crippen LogP contribution is 2.13. The number of halogens is 1. The quantitative estimate of drug-likeness (QED) is 0.804. The number of thioether (sulfide) groups is 1. The van der Waals surface area contributed by atoms with Crippen LogP contribution in [0, 0.1) is 0 Å². The molecule has 0 saturated heterocycles. The molecule has 0 aliphatic heterocycles. The van der Waals surface area contributed by atoms with Crippen molar-refractivity contribution in [3.63, 3.8) is 0 Å². The Morgan fingerprint density at radius 1 is 1.50 bits per heavy atom. The summed E-state index contributed by atoms with van der Waals surface area (Å²) >= 11 is 7.19. The Balaban J connectivity index is 1.75. The molecule has 106 valence electrons. The minimum Gasteiger partial charge on any atom is -0.351 e. The molecule has 5 nitrogen and oxygen atoms in total. The summed E-state index contributed by atoms with van der Waals surface area (Å²) in [6.45, 7) is 2.46. The molecule has 20 heavy (non-hydrogen) atoms. The smallest absolute Gasteiger partial charge is 0.230 e. The molecular weight excluding hydrogens is 296 g/mol. The average molecular weight is 311 g/mol. The molecule has 0 spiro atoms. The van der Waals surface area contributed by atoms with E-state index in [-0.39, 0.29) is 5.91 Å². The summed E-state index contributed by atoms with van der Waals surface area (Å²) in [7, 11) is 0. The molecule has 0 unspecified atom stereocenters. The monoisotopic (exact) mass is 310 g/mol. The van der Waals surface area contributed by atoms with Crippen molar-refractivity contribution >= 4 is 29.3 Å². The summed E-state index contributed by atoms with van der Waals surface area (Å²) in [4.78, 5) is 15.9. The van der Waals surface area contributed by atoms with E-state index in [2.05, 4.69) is 20.5 Å². The van der Waals surface area contributed by atoms with Crippen molar-refractivity contribution in [2.45, 2.75) is 25.0 Å². The Bertz CT molecular complexity index is 587. The molecule has 0 bridgehead atoms. The van der Waals surface area contributed by atoms with E-state index in [1.807, 2.05) is 25.1 Å². The molecule has 1 amide bonds. The molecule has 0 saturated carbocycles. The van der Waals surface area contributed by atoms with Gasteiger partial charge in [-0.1, -0.05) is 42.4 Å². The molecule has 2 aromatic rings. The first-order chi connectivity index (χ1) is 9.67. The Morgan fingerprint density at radius 3 is 3.05 bits per heavy atom. The second kappa shape index (κ2) is 7.31. The van der Waals surface area contributed by atoms with Crippen molar-refractivity contribution in [2.24, 2.45) is 0 Å². The molecule has 1 aromatic heterocycles. The van der Waals surface area contributed by atoms with Gasteiger partial charge in [-0.05, 0) is 17.7 Å². The molecule has 1 heterocycles. The SMILES string of the molecule is CCc1nc(SCC(=O)NCc2cccc(Cl)c2)n[nH]1. The number of nitrogens with zero attached hydrogens (tertiary/aromatic N) is 2. The molecule has 7 heteroatoms. The summed E-state index contributed by atoms with van der Waals surface area (Å²) in [6, 6.07) is 7.41. The molecule has 1 aromatic carbocycles. The minimum absolute atomic E-state index is 0.0576. The first-order valence-corrected chi connectivity index (χ1v) is 7.59. The van der Waals surface area contributed by atoms with Crippen molar-refractivity contribution in [1.29, 1.82) is 0 Å². The number of amides is 1. The third-order valence-corrected chi connectivity index (χ3v) is 3.64. The number of aromatic amines is 1. The normalized spacial score (nSPS) is 10.5. The van der Waals surface area contributed by atoms with Gasteiger partial charge >= 0.3 is 0 Å². The van der Waals surface area contributed by atoms with Gasteiger partial charge in [-0.3, -0.25) is 9.89 Å². The predicted octanol–water partition coefficient (Wildman–Crippen LogP) is 2.43. The number of aryl methyl sites for hydroxylation is 1. The van der Waals surface area contributed by atoms with E-state index in [0.29, 0.717) is 22.5 Å².